The van der Waals surface area contributed by atoms with Crippen molar-refractivity contribution < 1.29 is 4.79 Å². The van der Waals surface area contributed by atoms with Crippen LogP contribution in [0.4, 0.5) is 11.4 Å². The summed E-state index contributed by atoms with van der Waals surface area (Å²) in [6.45, 7) is 2.95. The van der Waals surface area contributed by atoms with Crippen LogP contribution in [0, 0.1) is 6.92 Å². The van der Waals surface area contributed by atoms with E-state index in [1.807, 2.05) is 80.0 Å². The lowest BCUT2D eigenvalue weighted by molar-refractivity contribution is -0.115. The average molecular weight is 359 g/mol. The van der Waals surface area contributed by atoms with Gasteiger partial charge in [0.05, 0.1) is 6.42 Å². The second-order valence-corrected chi connectivity index (χ2v) is 6.73. The number of nitrogens with one attached hydrogen (secondary N) is 1. The molecule has 3 aromatic rings. The second kappa shape index (κ2) is 8.99. The minimum absolute atomic E-state index is 0.00286. The molecule has 0 aliphatic carbocycles. The molecule has 2 aromatic carbocycles. The number of rotatable bonds is 7. The van der Waals surface area contributed by atoms with Crippen molar-refractivity contribution in [1.29, 1.82) is 0 Å². The number of hydrogen-bond acceptors (Lipinski definition) is 3. The molecular weight excluding hydrogens is 334 g/mol. The Morgan fingerprint density at radius 1 is 1.00 bits per heavy atom. The third kappa shape index (κ3) is 5.42. The number of hydrogen-bond donors (Lipinski definition) is 1. The van der Waals surface area contributed by atoms with Crippen LogP contribution in [0.25, 0.3) is 0 Å². The highest BCUT2D eigenvalue weighted by Crippen LogP contribution is 2.18. The van der Waals surface area contributed by atoms with Crippen molar-refractivity contribution in [2.24, 2.45) is 0 Å². The van der Waals surface area contributed by atoms with Crippen molar-refractivity contribution in [3.8, 4) is 0 Å². The molecule has 0 aliphatic heterocycles. The van der Waals surface area contributed by atoms with E-state index in [0.29, 0.717) is 6.42 Å². The lowest BCUT2D eigenvalue weighted by atomic mass is 10.1. The Morgan fingerprint density at radius 2 is 1.70 bits per heavy atom. The zero-order valence-corrected chi connectivity index (χ0v) is 15.9. The molecule has 0 bridgehead atoms. The molecule has 1 N–H and O–H groups in total. The van der Waals surface area contributed by atoms with E-state index >= 15 is 0 Å². The van der Waals surface area contributed by atoms with E-state index in [4.69, 9.17) is 0 Å². The summed E-state index contributed by atoms with van der Waals surface area (Å²) in [5.41, 5.74) is 5.42. The highest BCUT2D eigenvalue weighted by molar-refractivity contribution is 5.92. The number of aromatic nitrogens is 1. The van der Waals surface area contributed by atoms with E-state index in [2.05, 4.69) is 22.2 Å². The molecule has 0 atom stereocenters. The standard InChI is InChI=1S/C23H25N3O/c1-18-5-3-4-6-20(18)17-23(27)25-21-7-9-22(10-8-21)26(2)16-13-19-11-14-24-15-12-19/h3-12,14-15H,13,16-17H2,1-2H3,(H,25,27). The van der Waals surface area contributed by atoms with E-state index in [1.165, 1.54) is 5.56 Å². The first kappa shape index (κ1) is 18.6. The fraction of sp³-hybridized carbons (Fsp3) is 0.217. The van der Waals surface area contributed by atoms with Gasteiger partial charge in [0.25, 0.3) is 0 Å². The molecule has 0 fully saturated rings. The third-order valence-corrected chi connectivity index (χ3v) is 4.69. The first-order valence-electron chi connectivity index (χ1n) is 9.16. The van der Waals surface area contributed by atoms with E-state index in [-0.39, 0.29) is 5.91 Å². The minimum atomic E-state index is 0.00286. The summed E-state index contributed by atoms with van der Waals surface area (Å²) >= 11 is 0. The molecule has 4 heteroatoms. The fourth-order valence-electron chi connectivity index (χ4n) is 2.96. The van der Waals surface area contributed by atoms with Gasteiger partial charge in [-0.2, -0.15) is 0 Å². The predicted molar refractivity (Wildman–Crippen MR) is 111 cm³/mol. The summed E-state index contributed by atoms with van der Waals surface area (Å²) in [4.78, 5) is 18.5. The number of carbonyl (C=O) groups is 1. The maximum absolute atomic E-state index is 12.3. The number of benzene rings is 2. The molecule has 1 amide bonds. The Labute approximate surface area is 160 Å². The summed E-state index contributed by atoms with van der Waals surface area (Å²) in [6.07, 6.45) is 5.00. The number of aryl methyl sites for hydroxylation is 1. The maximum atomic E-state index is 12.3. The average Bonchev–Trinajstić information content (AvgIpc) is 2.69. The van der Waals surface area contributed by atoms with Crippen LogP contribution in [0.2, 0.25) is 0 Å². The second-order valence-electron chi connectivity index (χ2n) is 6.73. The molecular formula is C23H25N3O. The van der Waals surface area contributed by atoms with Gasteiger partial charge < -0.3 is 10.2 Å². The number of pyridine rings is 1. The molecule has 1 heterocycles. The van der Waals surface area contributed by atoms with Gasteiger partial charge in [-0.15, -0.1) is 0 Å². The highest BCUT2D eigenvalue weighted by atomic mass is 16.1. The Balaban J connectivity index is 1.53. The number of nitrogens with zero attached hydrogens (tertiary/aromatic N) is 2. The summed E-state index contributed by atoms with van der Waals surface area (Å²) in [7, 11) is 2.08. The van der Waals surface area contributed by atoms with E-state index in [9.17, 15) is 4.79 Å². The van der Waals surface area contributed by atoms with E-state index in [0.717, 1.165) is 35.5 Å². The topological polar surface area (TPSA) is 45.2 Å². The monoisotopic (exact) mass is 359 g/mol. The lowest BCUT2D eigenvalue weighted by Gasteiger charge is -2.19. The maximum Gasteiger partial charge on any atom is 0.228 e. The van der Waals surface area contributed by atoms with Gasteiger partial charge in [-0.05, 0) is 66.4 Å². The van der Waals surface area contributed by atoms with Gasteiger partial charge in [-0.25, -0.2) is 0 Å². The van der Waals surface area contributed by atoms with Crippen molar-refractivity contribution in [3.63, 3.8) is 0 Å². The van der Waals surface area contributed by atoms with Crippen LogP contribution in [0.3, 0.4) is 0 Å². The van der Waals surface area contributed by atoms with Crippen molar-refractivity contribution in [2.75, 3.05) is 23.8 Å². The number of anilines is 2. The van der Waals surface area contributed by atoms with Crippen LogP contribution in [0.5, 0.6) is 0 Å². The molecule has 0 aliphatic rings. The van der Waals surface area contributed by atoms with Crippen LogP contribution in [-0.4, -0.2) is 24.5 Å². The zero-order valence-electron chi connectivity index (χ0n) is 15.9. The lowest BCUT2D eigenvalue weighted by Crippen LogP contribution is -2.20. The van der Waals surface area contributed by atoms with Crippen molar-refractivity contribution in [3.05, 3.63) is 89.7 Å². The Hall–Kier alpha value is -3.14. The predicted octanol–water partition coefficient (Wildman–Crippen LogP) is 4.25. The minimum Gasteiger partial charge on any atom is -0.374 e. The SMILES string of the molecule is Cc1ccccc1CC(=O)Nc1ccc(N(C)CCc2ccncc2)cc1. The molecule has 1 aromatic heterocycles. The smallest absolute Gasteiger partial charge is 0.228 e. The van der Waals surface area contributed by atoms with Crippen LogP contribution in [-0.2, 0) is 17.6 Å². The first-order chi connectivity index (χ1) is 13.1. The van der Waals surface area contributed by atoms with E-state index < -0.39 is 0 Å². The largest absolute Gasteiger partial charge is 0.374 e. The Morgan fingerprint density at radius 3 is 2.41 bits per heavy atom. The van der Waals surface area contributed by atoms with Gasteiger partial charge in [0.2, 0.25) is 5.91 Å². The molecule has 27 heavy (non-hydrogen) atoms. The van der Waals surface area contributed by atoms with E-state index in [1.54, 1.807) is 0 Å². The van der Waals surface area contributed by atoms with Gasteiger partial charge >= 0.3 is 0 Å². The van der Waals surface area contributed by atoms with Crippen molar-refractivity contribution in [2.45, 2.75) is 19.8 Å². The highest BCUT2D eigenvalue weighted by Gasteiger charge is 2.07. The number of amides is 1. The van der Waals surface area contributed by atoms with Gasteiger partial charge in [0, 0.05) is 37.4 Å². The molecule has 3 rings (SSSR count). The van der Waals surface area contributed by atoms with Crippen LogP contribution in [0.15, 0.2) is 73.1 Å². The normalized spacial score (nSPS) is 10.4. The molecule has 138 valence electrons. The molecule has 4 nitrogen and oxygen atoms in total. The summed E-state index contributed by atoms with van der Waals surface area (Å²) < 4.78 is 0. The third-order valence-electron chi connectivity index (χ3n) is 4.69. The Kier molecular flexibility index (Phi) is 6.21. The molecule has 0 spiro atoms. The fourth-order valence-corrected chi connectivity index (χ4v) is 2.96. The molecule has 0 saturated heterocycles. The summed E-state index contributed by atoms with van der Waals surface area (Å²) in [5, 5.41) is 2.98. The first-order valence-corrected chi connectivity index (χ1v) is 9.16. The zero-order chi connectivity index (χ0) is 19.1. The van der Waals surface area contributed by atoms with Crippen molar-refractivity contribution in [1.82, 2.24) is 4.98 Å². The Bertz CT molecular complexity index is 876. The quantitative estimate of drug-likeness (QED) is 0.686. The molecule has 0 saturated carbocycles. The van der Waals surface area contributed by atoms with Crippen LogP contribution >= 0.6 is 0 Å². The van der Waals surface area contributed by atoms with Gasteiger partial charge in [0.1, 0.15) is 0 Å². The van der Waals surface area contributed by atoms with Gasteiger partial charge in [0.15, 0.2) is 0 Å². The summed E-state index contributed by atoms with van der Waals surface area (Å²) in [5.74, 6) is 0.00286. The van der Waals surface area contributed by atoms with Crippen molar-refractivity contribution >= 4 is 17.3 Å². The van der Waals surface area contributed by atoms with Gasteiger partial charge in [-0.1, -0.05) is 24.3 Å². The molecule has 0 radical (unpaired) electrons. The van der Waals surface area contributed by atoms with Crippen LogP contribution < -0.4 is 10.2 Å². The molecule has 0 unspecified atom stereocenters. The van der Waals surface area contributed by atoms with Crippen LogP contribution in [0.1, 0.15) is 16.7 Å². The number of likely N-dealkylation sites (N-methyl/N-ethyl adjacent to an activating group) is 1. The number of carbonyl (C=O) groups excluding carboxylic acids is 1. The summed E-state index contributed by atoms with van der Waals surface area (Å²) in [6, 6.07) is 20.0. The van der Waals surface area contributed by atoms with Gasteiger partial charge in [-0.3, -0.25) is 9.78 Å².